The Morgan fingerprint density at radius 2 is 2.04 bits per heavy atom. The Hall–Kier alpha value is -1.90. The van der Waals surface area contributed by atoms with Crippen molar-refractivity contribution in [3.05, 3.63) is 28.0 Å². The Kier molecular flexibility index (Phi) is 4.79. The van der Waals surface area contributed by atoms with Crippen molar-refractivity contribution in [1.29, 1.82) is 0 Å². The van der Waals surface area contributed by atoms with Crippen LogP contribution in [-0.4, -0.2) is 20.7 Å². The number of aromatic nitrogens is 3. The molecule has 0 aromatic carbocycles. The van der Waals surface area contributed by atoms with Gasteiger partial charge in [0.2, 0.25) is 5.91 Å². The van der Waals surface area contributed by atoms with Crippen LogP contribution in [-0.2, 0) is 17.5 Å². The van der Waals surface area contributed by atoms with Gasteiger partial charge in [-0.05, 0) is 26.8 Å². The molecule has 0 radical (unpaired) electrons. The molecule has 9 heteroatoms. The third-order valence-corrected chi connectivity index (χ3v) is 4.41. The van der Waals surface area contributed by atoms with Gasteiger partial charge in [0.05, 0.1) is 18.2 Å². The summed E-state index contributed by atoms with van der Waals surface area (Å²) in [5, 5.41) is 6.70. The lowest BCUT2D eigenvalue weighted by Gasteiger charge is -2.12. The van der Waals surface area contributed by atoms with Gasteiger partial charge in [0.15, 0.2) is 10.8 Å². The Morgan fingerprint density at radius 3 is 2.52 bits per heavy atom. The van der Waals surface area contributed by atoms with Gasteiger partial charge in [-0.25, -0.2) is 4.98 Å². The number of nitrogens with one attached hydrogen (secondary N) is 1. The van der Waals surface area contributed by atoms with Crippen molar-refractivity contribution in [3.8, 4) is 0 Å². The first-order valence-corrected chi connectivity index (χ1v) is 7.76. The van der Waals surface area contributed by atoms with Gasteiger partial charge in [0.1, 0.15) is 0 Å². The van der Waals surface area contributed by atoms with E-state index >= 15 is 0 Å². The summed E-state index contributed by atoms with van der Waals surface area (Å²) in [7, 11) is 0. The Morgan fingerprint density at radius 1 is 1.39 bits per heavy atom. The highest BCUT2D eigenvalue weighted by Crippen LogP contribution is 2.28. The summed E-state index contributed by atoms with van der Waals surface area (Å²) in [5.41, 5.74) is 0.252. The maximum Gasteiger partial charge on any atom is 0.435 e. The highest BCUT2D eigenvalue weighted by Gasteiger charge is 2.34. The van der Waals surface area contributed by atoms with Crippen LogP contribution in [0.2, 0.25) is 0 Å². The van der Waals surface area contributed by atoms with Crippen molar-refractivity contribution in [2.45, 2.75) is 40.4 Å². The van der Waals surface area contributed by atoms with Crippen molar-refractivity contribution in [1.82, 2.24) is 14.8 Å². The fraction of sp³-hybridized carbons (Fsp3) is 0.500. The number of anilines is 1. The topological polar surface area (TPSA) is 59.8 Å². The minimum atomic E-state index is -4.49. The summed E-state index contributed by atoms with van der Waals surface area (Å²) in [6.07, 6.45) is -4.49. The fourth-order valence-electron chi connectivity index (χ4n) is 1.93. The molecule has 2 aromatic heterocycles. The monoisotopic (exact) mass is 346 g/mol. The minimum Gasteiger partial charge on any atom is -0.302 e. The first-order chi connectivity index (χ1) is 10.6. The van der Waals surface area contributed by atoms with E-state index in [9.17, 15) is 18.0 Å². The number of halogens is 3. The highest BCUT2D eigenvalue weighted by molar-refractivity contribution is 7.15. The van der Waals surface area contributed by atoms with Gasteiger partial charge >= 0.3 is 6.18 Å². The largest absolute Gasteiger partial charge is 0.435 e. The molecule has 1 N–H and O–H groups in total. The lowest BCUT2D eigenvalue weighted by atomic mass is 10.1. The average molecular weight is 346 g/mol. The number of rotatable bonds is 4. The van der Waals surface area contributed by atoms with E-state index in [1.54, 1.807) is 6.92 Å². The van der Waals surface area contributed by atoms with Crippen molar-refractivity contribution >= 4 is 22.4 Å². The van der Waals surface area contributed by atoms with Crippen LogP contribution < -0.4 is 5.32 Å². The Bertz CT molecular complexity index is 701. The molecule has 2 rings (SSSR count). The summed E-state index contributed by atoms with van der Waals surface area (Å²) in [6, 6.07) is 0.970. The Balaban J connectivity index is 2.05. The zero-order valence-corrected chi connectivity index (χ0v) is 14.0. The van der Waals surface area contributed by atoms with Gasteiger partial charge in [-0.2, -0.15) is 18.3 Å². The second-order valence-electron chi connectivity index (χ2n) is 5.40. The van der Waals surface area contributed by atoms with Crippen LogP contribution in [0.5, 0.6) is 0 Å². The molecule has 0 aliphatic rings. The van der Waals surface area contributed by atoms with Crippen molar-refractivity contribution in [3.63, 3.8) is 0 Å². The van der Waals surface area contributed by atoms with Crippen molar-refractivity contribution < 1.29 is 18.0 Å². The van der Waals surface area contributed by atoms with E-state index in [4.69, 9.17) is 0 Å². The molecule has 5 nitrogen and oxygen atoms in total. The number of hydrogen-bond acceptors (Lipinski definition) is 4. The van der Waals surface area contributed by atoms with Crippen LogP contribution in [0, 0.1) is 26.7 Å². The van der Waals surface area contributed by atoms with Crippen LogP contribution in [0.4, 0.5) is 18.3 Å². The molecule has 2 heterocycles. The fourth-order valence-corrected chi connectivity index (χ4v) is 2.75. The SMILES string of the molecule is Cc1nc(NC(=O)C(C)Cn2nc(C(F)(F)F)cc2C)sc1C. The van der Waals surface area contributed by atoms with E-state index in [1.807, 2.05) is 13.8 Å². The number of thiazole rings is 1. The molecule has 0 spiro atoms. The molecule has 1 unspecified atom stereocenters. The maximum absolute atomic E-state index is 12.6. The van der Waals surface area contributed by atoms with E-state index in [1.165, 1.54) is 22.9 Å². The van der Waals surface area contributed by atoms with E-state index in [2.05, 4.69) is 15.4 Å². The zero-order chi connectivity index (χ0) is 17.4. The quantitative estimate of drug-likeness (QED) is 0.921. The van der Waals surface area contributed by atoms with Gasteiger partial charge in [-0.3, -0.25) is 9.48 Å². The summed E-state index contributed by atoms with van der Waals surface area (Å²) >= 11 is 1.36. The van der Waals surface area contributed by atoms with Crippen LogP contribution >= 0.6 is 11.3 Å². The predicted octanol–water partition coefficient (Wildman–Crippen LogP) is 3.56. The molecule has 2 aromatic rings. The normalized spacial score (nSPS) is 13.2. The molecule has 1 amide bonds. The van der Waals surface area contributed by atoms with Gasteiger partial charge in [-0.15, -0.1) is 11.3 Å². The number of alkyl halides is 3. The molecule has 0 bridgehead atoms. The van der Waals surface area contributed by atoms with Gasteiger partial charge < -0.3 is 5.32 Å². The molecule has 0 fully saturated rings. The van der Waals surface area contributed by atoms with Gasteiger partial charge in [0, 0.05) is 10.6 Å². The summed E-state index contributed by atoms with van der Waals surface area (Å²) in [5.74, 6) is -0.846. The maximum atomic E-state index is 12.6. The first kappa shape index (κ1) is 17.5. The van der Waals surface area contributed by atoms with E-state index in [-0.39, 0.29) is 12.5 Å². The zero-order valence-electron chi connectivity index (χ0n) is 13.2. The molecular formula is C14H17F3N4OS. The van der Waals surface area contributed by atoms with Crippen LogP contribution in [0.15, 0.2) is 6.07 Å². The number of hydrogen-bond donors (Lipinski definition) is 1. The predicted molar refractivity (Wildman–Crippen MR) is 81.3 cm³/mol. The van der Waals surface area contributed by atoms with E-state index in [0.29, 0.717) is 10.8 Å². The second-order valence-corrected chi connectivity index (χ2v) is 6.60. The second kappa shape index (κ2) is 6.31. The molecule has 0 saturated carbocycles. The summed E-state index contributed by atoms with van der Waals surface area (Å²) < 4.78 is 39.1. The number of carbonyl (C=O) groups is 1. The summed E-state index contributed by atoms with van der Waals surface area (Å²) in [6.45, 7) is 6.98. The van der Waals surface area contributed by atoms with E-state index in [0.717, 1.165) is 16.6 Å². The Labute approximate surface area is 135 Å². The van der Waals surface area contributed by atoms with Gasteiger partial charge in [0.25, 0.3) is 0 Å². The van der Waals surface area contributed by atoms with Crippen LogP contribution in [0.3, 0.4) is 0 Å². The third-order valence-electron chi connectivity index (χ3n) is 3.42. The number of nitrogens with zero attached hydrogens (tertiary/aromatic N) is 3. The average Bonchev–Trinajstić information content (AvgIpc) is 2.93. The molecule has 23 heavy (non-hydrogen) atoms. The molecule has 0 aliphatic heterocycles. The first-order valence-electron chi connectivity index (χ1n) is 6.94. The van der Waals surface area contributed by atoms with Crippen LogP contribution in [0.1, 0.15) is 28.9 Å². The smallest absolute Gasteiger partial charge is 0.302 e. The minimum absolute atomic E-state index is 0.0666. The third kappa shape index (κ3) is 4.10. The lowest BCUT2D eigenvalue weighted by molar-refractivity contribution is -0.141. The summed E-state index contributed by atoms with van der Waals surface area (Å²) in [4.78, 5) is 17.4. The molecule has 0 saturated heterocycles. The standard InChI is InChI=1S/C14H17F3N4OS/c1-7(12(22)19-13-18-9(3)10(4)23-13)6-21-8(2)5-11(20-21)14(15,16)17/h5,7H,6H2,1-4H3,(H,18,19,22). The van der Waals surface area contributed by atoms with Crippen LogP contribution in [0.25, 0.3) is 0 Å². The number of aryl methyl sites for hydroxylation is 3. The van der Waals surface area contributed by atoms with Crippen molar-refractivity contribution in [2.24, 2.45) is 5.92 Å². The highest BCUT2D eigenvalue weighted by atomic mass is 32.1. The lowest BCUT2D eigenvalue weighted by Crippen LogP contribution is -2.25. The van der Waals surface area contributed by atoms with Crippen molar-refractivity contribution in [2.75, 3.05) is 5.32 Å². The molecule has 1 atom stereocenters. The van der Waals surface area contributed by atoms with Gasteiger partial charge in [-0.1, -0.05) is 6.92 Å². The molecule has 126 valence electrons. The number of carbonyl (C=O) groups excluding carboxylic acids is 1. The number of amides is 1. The van der Waals surface area contributed by atoms with E-state index < -0.39 is 17.8 Å². The molecular weight excluding hydrogens is 329 g/mol. The molecule has 0 aliphatic carbocycles.